The van der Waals surface area contributed by atoms with Gasteiger partial charge >= 0.3 is 53.7 Å². The summed E-state index contributed by atoms with van der Waals surface area (Å²) in [5.74, 6) is -0.467. The van der Waals surface area contributed by atoms with E-state index >= 15 is 0 Å². The molecule has 848 valence electrons. The average Bonchev–Trinajstić information content (AvgIpc) is 1.08. The zero-order valence-electron chi connectivity index (χ0n) is 96.8. The molecule has 142 heavy (non-hydrogen) atoms. The topological polar surface area (TPSA) is 277 Å². The molecule has 2 N–H and O–H groups in total. The zero-order chi connectivity index (χ0) is 107. The molecule has 0 spiro atoms. The summed E-state index contributed by atoms with van der Waals surface area (Å²) in [5.41, 5.74) is 0. The summed E-state index contributed by atoms with van der Waals surface area (Å²) in [4.78, 5) is 98.4. The number of aliphatic hydroxyl groups is 2. The quantitative estimate of drug-likeness (QED) is 0.0248. The van der Waals surface area contributed by atoms with Crippen LogP contribution in [0.3, 0.4) is 0 Å². The molecule has 0 aromatic rings. The van der Waals surface area contributed by atoms with Crippen molar-refractivity contribution < 1.29 is 96.0 Å². The lowest BCUT2D eigenvalue weighted by atomic mass is 10.1. The monoisotopic (exact) mass is 2030 g/mol. The van der Waals surface area contributed by atoms with Crippen molar-refractivity contribution in [1.82, 2.24) is 0 Å². The highest BCUT2D eigenvalue weighted by atomic mass is 16.6. The highest BCUT2D eigenvalue weighted by Gasteiger charge is 2.09. The number of carbonyl (C=O) groups excluding carboxylic acids is 9. The molecular formula is C122H240O20. The minimum absolute atomic E-state index is 0.0351. The number of ether oxygens (including phenoxy) is 9. The number of methoxy groups -OCH3 is 2. The fourth-order valence-electron chi connectivity index (χ4n) is 15.2. The van der Waals surface area contributed by atoms with E-state index in [1.165, 1.54) is 399 Å². The van der Waals surface area contributed by atoms with Gasteiger partial charge in [0.25, 0.3) is 0 Å². The first kappa shape index (κ1) is 154. The molecule has 0 aromatic carbocycles. The van der Waals surface area contributed by atoms with Gasteiger partial charge < -0.3 is 52.8 Å². The fourth-order valence-corrected chi connectivity index (χ4v) is 15.2. The number of hydrogen-bond donors (Lipinski definition) is 2. The van der Waals surface area contributed by atoms with Crippen LogP contribution in [0.15, 0.2) is 24.3 Å². The van der Waals surface area contributed by atoms with Crippen molar-refractivity contribution >= 4 is 53.7 Å². The van der Waals surface area contributed by atoms with Crippen molar-refractivity contribution in [3.8, 4) is 0 Å². The second-order valence-electron chi connectivity index (χ2n) is 37.7. The van der Waals surface area contributed by atoms with E-state index in [2.05, 4.69) is 82.2 Å². The Morgan fingerprint density at radius 3 is 0.373 bits per heavy atom. The second kappa shape index (κ2) is 151. The van der Waals surface area contributed by atoms with Crippen LogP contribution in [0.1, 0.15) is 636 Å². The molecule has 0 rings (SSSR count). The number of rotatable bonds is 95. The number of esters is 9. The molecule has 0 heterocycles. The number of unbranched alkanes of at least 4 members (excludes halogenated alkanes) is 64. The third-order valence-corrected chi connectivity index (χ3v) is 23.9. The van der Waals surface area contributed by atoms with Crippen LogP contribution in [0.2, 0.25) is 0 Å². The Kier molecular flexibility index (Phi) is 164. The van der Waals surface area contributed by atoms with E-state index in [0.717, 1.165) is 96.3 Å². The molecule has 0 aliphatic rings. The summed E-state index contributed by atoms with van der Waals surface area (Å²) in [6.07, 6.45) is 107. The minimum atomic E-state index is -0.0867. The van der Waals surface area contributed by atoms with Crippen LogP contribution in [0.5, 0.6) is 0 Å². The molecule has 0 saturated heterocycles. The third-order valence-electron chi connectivity index (χ3n) is 23.9. The van der Waals surface area contributed by atoms with Gasteiger partial charge in [0.15, 0.2) is 0 Å². The zero-order valence-corrected chi connectivity index (χ0v) is 96.8. The molecule has 0 fully saturated rings. The van der Waals surface area contributed by atoms with Gasteiger partial charge in [-0.15, -0.1) is 0 Å². The molecule has 20 heteroatoms. The normalized spacial score (nSPS) is 10.5. The molecule has 0 aliphatic carbocycles. The SMILES string of the molecule is CCCCCCC(=O)OCC.CCCCCCCC(=O)OCC.CCCCCCCCC(=O)OCC.CCCCCCCCCC(=O)OCC.CCCCCCCCCCC(=O)OCC.CCCCCCCCCCCC(=O)OCC.CCCCCCCCCCCCC(=O)OCC.COC(=O)CCCCCCC/C=C/CCCCCCCCO.COC(=O)CCCCCCC/C=C\CCCCCCCCO. The highest BCUT2D eigenvalue weighted by Crippen LogP contribution is 2.19. The van der Waals surface area contributed by atoms with Gasteiger partial charge in [-0.25, -0.2) is 0 Å². The molecule has 0 aromatic heterocycles. The van der Waals surface area contributed by atoms with Crippen LogP contribution in [0.4, 0.5) is 0 Å². The maximum Gasteiger partial charge on any atom is 0.305 e. The third kappa shape index (κ3) is 171. The summed E-state index contributed by atoms with van der Waals surface area (Å²) in [6, 6.07) is 0. The first-order valence-electron chi connectivity index (χ1n) is 60.0. The van der Waals surface area contributed by atoms with Crippen LogP contribution >= 0.6 is 0 Å². The van der Waals surface area contributed by atoms with Crippen LogP contribution in [0.25, 0.3) is 0 Å². The Hall–Kier alpha value is -5.37. The molecule has 0 bridgehead atoms. The number of aliphatic hydroxyl groups excluding tert-OH is 2. The van der Waals surface area contributed by atoms with Gasteiger partial charge in [-0.2, -0.15) is 0 Å². The van der Waals surface area contributed by atoms with Gasteiger partial charge in [-0.3, -0.25) is 43.2 Å². The Labute approximate surface area is 879 Å². The predicted octanol–water partition coefficient (Wildman–Crippen LogP) is 36.2. The summed E-state index contributed by atoms with van der Waals surface area (Å²) >= 11 is 0. The molecule has 0 aliphatic heterocycles. The molecule has 0 amide bonds. The van der Waals surface area contributed by atoms with Crippen molar-refractivity contribution in [2.75, 3.05) is 73.7 Å². The summed E-state index contributed by atoms with van der Waals surface area (Å²) < 4.78 is 43.1. The van der Waals surface area contributed by atoms with E-state index in [9.17, 15) is 43.2 Å². The molecule has 0 radical (unpaired) electrons. The van der Waals surface area contributed by atoms with Gasteiger partial charge in [-0.1, -0.05) is 432 Å². The van der Waals surface area contributed by atoms with E-state index in [4.69, 9.17) is 43.4 Å². The fraction of sp³-hybridized carbons (Fsp3) is 0.893. The largest absolute Gasteiger partial charge is 0.469 e. The lowest BCUT2D eigenvalue weighted by Crippen LogP contribution is -2.03. The molecule has 20 nitrogen and oxygen atoms in total. The Balaban J connectivity index is -0.000000202. The summed E-state index contributed by atoms with van der Waals surface area (Å²) in [7, 11) is 2.90. The standard InChI is InChI=1S/2C19H36O3.C15H30O2.C14H28O2.C13H26O2.C12H24O2.C11H22O2.C10H20O2.C9H18O2/c2*1-22-19(21)17-15-13-11-9-7-5-3-2-4-6-8-10-12-14-16-18-20;1-3-5-6-7-8-9-10-11-12-13-14-15(16)17-4-2;1-3-5-6-7-8-9-10-11-12-13-14(15)16-4-2;1-3-5-6-7-8-9-10-11-12-13(14)15-4-2;1-3-5-6-7-8-9-10-11-12(13)14-4-2;1-3-5-6-7-8-9-10-11(12)13-4-2;1-3-5-6-7-8-9-10(11)12-4-2;1-3-5-6-7-8-9(10)11-4-2/h2*2-3,20H,4-18H2,1H3;3-14H2,1-2H3;3-13H2,1-2H3;3-12H2,1-2H3;3-11H2,1-2H3;3-10H2,1-2H3;3-9H2,1-2H3;3-8H2,1-2H3/b3-2+;3-2-;;;;;;;. The van der Waals surface area contributed by atoms with Crippen molar-refractivity contribution in [1.29, 1.82) is 0 Å². The van der Waals surface area contributed by atoms with Crippen LogP contribution in [-0.2, 0) is 85.8 Å². The van der Waals surface area contributed by atoms with Crippen LogP contribution in [0, 0.1) is 0 Å². The lowest BCUT2D eigenvalue weighted by Gasteiger charge is -2.02. The van der Waals surface area contributed by atoms with Gasteiger partial charge in [-0.05, 0) is 170 Å². The van der Waals surface area contributed by atoms with E-state index in [-0.39, 0.29) is 53.7 Å². The maximum absolute atomic E-state index is 11.1. The van der Waals surface area contributed by atoms with Gasteiger partial charge in [0.05, 0.1) is 60.5 Å². The van der Waals surface area contributed by atoms with E-state index in [0.29, 0.717) is 117 Å². The minimum Gasteiger partial charge on any atom is -0.469 e. The molecule has 0 saturated carbocycles. The number of hydrogen-bond acceptors (Lipinski definition) is 20. The Morgan fingerprint density at radius 2 is 0.254 bits per heavy atom. The van der Waals surface area contributed by atoms with Crippen molar-refractivity contribution in [3.63, 3.8) is 0 Å². The number of carbonyl (C=O) groups is 9. The Bertz CT molecular complexity index is 2430. The van der Waals surface area contributed by atoms with E-state index in [1.54, 1.807) is 0 Å². The molecule has 0 unspecified atom stereocenters. The summed E-state index contributed by atoms with van der Waals surface area (Å²) in [5, 5.41) is 17.3. The van der Waals surface area contributed by atoms with E-state index < -0.39 is 0 Å². The first-order chi connectivity index (χ1) is 69.3. The van der Waals surface area contributed by atoms with Crippen molar-refractivity contribution in [3.05, 3.63) is 24.3 Å². The van der Waals surface area contributed by atoms with Crippen LogP contribution < -0.4 is 0 Å². The van der Waals surface area contributed by atoms with Crippen molar-refractivity contribution in [2.45, 2.75) is 636 Å². The smallest absolute Gasteiger partial charge is 0.305 e. The molecular weight excluding hydrogens is 1790 g/mol. The van der Waals surface area contributed by atoms with Gasteiger partial charge in [0.1, 0.15) is 0 Å². The van der Waals surface area contributed by atoms with Gasteiger partial charge in [0, 0.05) is 71.0 Å². The maximum atomic E-state index is 11.1. The predicted molar refractivity (Wildman–Crippen MR) is 600 cm³/mol. The second-order valence-corrected chi connectivity index (χ2v) is 37.7. The van der Waals surface area contributed by atoms with Crippen LogP contribution in [-0.4, -0.2) is 138 Å². The lowest BCUT2D eigenvalue weighted by molar-refractivity contribution is -0.144. The van der Waals surface area contributed by atoms with Gasteiger partial charge in [0.2, 0.25) is 0 Å². The Morgan fingerprint density at radius 1 is 0.148 bits per heavy atom. The average molecular weight is 2030 g/mol. The molecule has 0 atom stereocenters. The number of allylic oxidation sites excluding steroid dienone is 4. The van der Waals surface area contributed by atoms with E-state index in [1.807, 2.05) is 48.5 Å². The summed E-state index contributed by atoms with van der Waals surface area (Å²) in [6.45, 7) is 32.7. The highest BCUT2D eigenvalue weighted by molar-refractivity contribution is 5.72. The van der Waals surface area contributed by atoms with Crippen molar-refractivity contribution in [2.24, 2.45) is 0 Å². The first-order valence-corrected chi connectivity index (χ1v) is 60.0.